The molecule has 1 aromatic carbocycles. The molecule has 0 unspecified atom stereocenters. The van der Waals surface area contributed by atoms with E-state index in [0.29, 0.717) is 6.42 Å². The molecular weight excluding hydrogens is 226 g/mol. The minimum absolute atomic E-state index is 0.108. The van der Waals surface area contributed by atoms with Crippen LogP contribution in [0.25, 0.3) is 0 Å². The molecule has 0 radical (unpaired) electrons. The van der Waals surface area contributed by atoms with Crippen LogP contribution in [0.1, 0.15) is 31.2 Å². The van der Waals surface area contributed by atoms with Gasteiger partial charge in [-0.25, -0.2) is 0 Å². The quantitative estimate of drug-likeness (QED) is 0.829. The first-order valence-electron chi connectivity index (χ1n) is 6.60. The Morgan fingerprint density at radius 1 is 1.28 bits per heavy atom. The smallest absolute Gasteiger partial charge is 0.305 e. The number of nitrogens with one attached hydrogen (secondary N) is 1. The molecule has 1 aromatic rings. The lowest BCUT2D eigenvalue weighted by atomic mass is 9.70. The Balaban J connectivity index is 2.15. The summed E-state index contributed by atoms with van der Waals surface area (Å²) in [6.07, 6.45) is 3.57. The van der Waals surface area contributed by atoms with Crippen molar-refractivity contribution >= 4 is 5.97 Å². The lowest BCUT2D eigenvalue weighted by molar-refractivity contribution is -0.141. The zero-order valence-electron chi connectivity index (χ0n) is 10.9. The highest BCUT2D eigenvalue weighted by Gasteiger charge is 2.33. The summed E-state index contributed by atoms with van der Waals surface area (Å²) in [5, 5.41) is 3.39. The highest BCUT2D eigenvalue weighted by molar-refractivity contribution is 5.69. The van der Waals surface area contributed by atoms with Crippen molar-refractivity contribution in [1.82, 2.24) is 5.32 Å². The first kappa shape index (κ1) is 13.1. The summed E-state index contributed by atoms with van der Waals surface area (Å²) in [7, 11) is 1.46. The number of carbonyl (C=O) groups is 1. The van der Waals surface area contributed by atoms with E-state index in [0.717, 1.165) is 32.4 Å². The highest BCUT2D eigenvalue weighted by atomic mass is 16.5. The van der Waals surface area contributed by atoms with Crippen LogP contribution in [0.5, 0.6) is 0 Å². The van der Waals surface area contributed by atoms with Gasteiger partial charge < -0.3 is 10.1 Å². The molecule has 0 aliphatic carbocycles. The Morgan fingerprint density at radius 3 is 2.56 bits per heavy atom. The fourth-order valence-electron chi connectivity index (χ4n) is 2.82. The Bertz CT molecular complexity index is 383. The number of piperidine rings is 1. The maximum Gasteiger partial charge on any atom is 0.305 e. The van der Waals surface area contributed by atoms with E-state index in [4.69, 9.17) is 4.74 Å². The minimum atomic E-state index is -0.108. The second-order valence-corrected chi connectivity index (χ2v) is 4.97. The van der Waals surface area contributed by atoms with E-state index >= 15 is 0 Å². The van der Waals surface area contributed by atoms with Gasteiger partial charge in [-0.3, -0.25) is 4.79 Å². The zero-order valence-corrected chi connectivity index (χ0v) is 10.9. The van der Waals surface area contributed by atoms with Crippen molar-refractivity contribution in [2.45, 2.75) is 31.1 Å². The number of carbonyl (C=O) groups excluding carboxylic acids is 1. The van der Waals surface area contributed by atoms with Gasteiger partial charge >= 0.3 is 5.97 Å². The number of hydrogen-bond acceptors (Lipinski definition) is 3. The van der Waals surface area contributed by atoms with Crippen molar-refractivity contribution in [3.8, 4) is 0 Å². The first-order valence-corrected chi connectivity index (χ1v) is 6.60. The molecule has 0 aromatic heterocycles. The predicted molar refractivity (Wildman–Crippen MR) is 71.5 cm³/mol. The average Bonchev–Trinajstić information content (AvgIpc) is 2.46. The largest absolute Gasteiger partial charge is 0.469 e. The molecule has 3 nitrogen and oxygen atoms in total. The Hall–Kier alpha value is -1.35. The van der Waals surface area contributed by atoms with E-state index in [2.05, 4.69) is 29.6 Å². The molecule has 0 spiro atoms. The molecule has 18 heavy (non-hydrogen) atoms. The SMILES string of the molecule is COC(=O)CCC1(c2ccccc2)CCNCC1. The third kappa shape index (κ3) is 2.91. The summed E-state index contributed by atoms with van der Waals surface area (Å²) >= 11 is 0. The van der Waals surface area contributed by atoms with Crippen LogP contribution in [-0.4, -0.2) is 26.2 Å². The minimum Gasteiger partial charge on any atom is -0.469 e. The lowest BCUT2D eigenvalue weighted by Crippen LogP contribution is -2.40. The summed E-state index contributed by atoms with van der Waals surface area (Å²) in [6.45, 7) is 2.05. The molecule has 1 aliphatic rings. The molecular formula is C15H21NO2. The molecule has 3 heteroatoms. The third-order valence-corrected chi connectivity index (χ3v) is 3.98. The molecule has 1 N–H and O–H groups in total. The molecule has 0 amide bonds. The van der Waals surface area contributed by atoms with E-state index in [9.17, 15) is 4.79 Å². The number of ether oxygens (including phenoxy) is 1. The van der Waals surface area contributed by atoms with Crippen molar-refractivity contribution in [3.05, 3.63) is 35.9 Å². The Morgan fingerprint density at radius 2 is 1.94 bits per heavy atom. The summed E-state index contributed by atoms with van der Waals surface area (Å²) in [5.41, 5.74) is 1.50. The first-order chi connectivity index (χ1) is 8.77. The maximum absolute atomic E-state index is 11.4. The summed E-state index contributed by atoms with van der Waals surface area (Å²) in [5.74, 6) is -0.108. The van der Waals surface area contributed by atoms with Crippen LogP contribution in [0.4, 0.5) is 0 Å². The number of methoxy groups -OCH3 is 1. The van der Waals surface area contributed by atoms with Crippen molar-refractivity contribution in [3.63, 3.8) is 0 Å². The van der Waals surface area contributed by atoms with E-state index in [1.807, 2.05) is 6.07 Å². The second-order valence-electron chi connectivity index (χ2n) is 4.97. The topological polar surface area (TPSA) is 38.3 Å². The summed E-state index contributed by atoms with van der Waals surface area (Å²) in [6, 6.07) is 10.6. The van der Waals surface area contributed by atoms with E-state index in [1.54, 1.807) is 0 Å². The molecule has 1 saturated heterocycles. The maximum atomic E-state index is 11.4. The fourth-order valence-corrected chi connectivity index (χ4v) is 2.82. The highest BCUT2D eigenvalue weighted by Crippen LogP contribution is 2.37. The Labute approximate surface area is 109 Å². The normalized spacial score (nSPS) is 18.3. The van der Waals surface area contributed by atoms with Crippen molar-refractivity contribution in [1.29, 1.82) is 0 Å². The van der Waals surface area contributed by atoms with E-state index in [1.165, 1.54) is 12.7 Å². The van der Waals surface area contributed by atoms with Gasteiger partial charge in [0, 0.05) is 6.42 Å². The van der Waals surface area contributed by atoms with Crippen LogP contribution < -0.4 is 5.32 Å². The fraction of sp³-hybridized carbons (Fsp3) is 0.533. The monoisotopic (exact) mass is 247 g/mol. The van der Waals surface area contributed by atoms with Crippen molar-refractivity contribution in [2.24, 2.45) is 0 Å². The second kappa shape index (κ2) is 6.01. The van der Waals surface area contributed by atoms with Crippen molar-refractivity contribution in [2.75, 3.05) is 20.2 Å². The van der Waals surface area contributed by atoms with Crippen LogP contribution in [0.2, 0.25) is 0 Å². The summed E-state index contributed by atoms with van der Waals surface area (Å²) in [4.78, 5) is 11.4. The molecule has 0 saturated carbocycles. The molecule has 0 atom stereocenters. The van der Waals surface area contributed by atoms with E-state index in [-0.39, 0.29) is 11.4 Å². The molecule has 1 heterocycles. The standard InChI is InChI=1S/C15H21NO2/c1-18-14(17)7-8-15(9-11-16-12-10-15)13-5-3-2-4-6-13/h2-6,16H,7-12H2,1H3. The van der Waals surface area contributed by atoms with Gasteiger partial charge in [-0.2, -0.15) is 0 Å². The van der Waals surface area contributed by atoms with Crippen LogP contribution in [0.15, 0.2) is 30.3 Å². The molecule has 1 aliphatic heterocycles. The van der Waals surface area contributed by atoms with Gasteiger partial charge in [0.15, 0.2) is 0 Å². The molecule has 1 fully saturated rings. The Kier molecular flexibility index (Phi) is 4.37. The van der Waals surface area contributed by atoms with Crippen LogP contribution in [-0.2, 0) is 14.9 Å². The van der Waals surface area contributed by atoms with Crippen LogP contribution in [0.3, 0.4) is 0 Å². The predicted octanol–water partition coefficient (Wildman–Crippen LogP) is 2.26. The van der Waals surface area contributed by atoms with Gasteiger partial charge in [-0.1, -0.05) is 30.3 Å². The van der Waals surface area contributed by atoms with Gasteiger partial charge in [-0.05, 0) is 43.3 Å². The van der Waals surface area contributed by atoms with Crippen LogP contribution >= 0.6 is 0 Å². The van der Waals surface area contributed by atoms with Gasteiger partial charge in [0.1, 0.15) is 0 Å². The number of benzene rings is 1. The number of esters is 1. The van der Waals surface area contributed by atoms with Gasteiger partial charge in [-0.15, -0.1) is 0 Å². The number of hydrogen-bond donors (Lipinski definition) is 1. The summed E-state index contributed by atoms with van der Waals surface area (Å²) < 4.78 is 4.77. The van der Waals surface area contributed by atoms with Crippen molar-refractivity contribution < 1.29 is 9.53 Å². The van der Waals surface area contributed by atoms with Gasteiger partial charge in [0.05, 0.1) is 7.11 Å². The average molecular weight is 247 g/mol. The van der Waals surface area contributed by atoms with Gasteiger partial charge in [0.2, 0.25) is 0 Å². The molecule has 0 bridgehead atoms. The van der Waals surface area contributed by atoms with E-state index < -0.39 is 0 Å². The lowest BCUT2D eigenvalue weighted by Gasteiger charge is -2.38. The molecule has 2 rings (SSSR count). The molecule has 98 valence electrons. The zero-order chi connectivity index (χ0) is 12.8. The third-order valence-electron chi connectivity index (χ3n) is 3.98. The van der Waals surface area contributed by atoms with Gasteiger partial charge in [0.25, 0.3) is 0 Å². The van der Waals surface area contributed by atoms with Crippen LogP contribution in [0, 0.1) is 0 Å². The number of rotatable bonds is 4.